The first-order valence-electron chi connectivity index (χ1n) is 9.01. The average molecular weight is 444 g/mol. The zero-order valence-electron chi connectivity index (χ0n) is 15.6. The number of nitrogens with zero attached hydrogens (tertiary/aromatic N) is 1. The number of carbonyl (C=O) groups excluding carboxylic acids is 1. The van der Waals surface area contributed by atoms with Gasteiger partial charge in [0.15, 0.2) is 0 Å². The Balaban J connectivity index is 1.65. The van der Waals surface area contributed by atoms with Gasteiger partial charge in [0.25, 0.3) is 0 Å². The number of para-hydroxylation sites is 2. The summed E-state index contributed by atoms with van der Waals surface area (Å²) in [7, 11) is -4.04. The normalized spacial score (nSPS) is 16.2. The molecule has 0 bridgehead atoms. The van der Waals surface area contributed by atoms with Crippen LogP contribution in [0, 0.1) is 5.92 Å². The number of hydrogen-bond acceptors (Lipinski definition) is 5. The standard InChI is InChI=1S/C19H19F3N2O5S/c20-19(21,22)29-14-4-3-5-15(12-14)30(27,28)24-10-8-13(9-11-24)18(26)23-16-6-1-2-7-17(16)25/h1-7,12-13,25H,8-11H2,(H,23,26). The Morgan fingerprint density at radius 3 is 2.40 bits per heavy atom. The molecule has 0 aliphatic carbocycles. The van der Waals surface area contributed by atoms with Crippen LogP contribution in [0.4, 0.5) is 18.9 Å². The third-order valence-electron chi connectivity index (χ3n) is 4.66. The van der Waals surface area contributed by atoms with Crippen LogP contribution in [0.3, 0.4) is 0 Å². The number of rotatable bonds is 5. The topological polar surface area (TPSA) is 95.9 Å². The molecule has 0 unspecified atom stereocenters. The summed E-state index contributed by atoms with van der Waals surface area (Å²) in [5.74, 6) is -1.50. The Kier molecular flexibility index (Phi) is 6.22. The van der Waals surface area contributed by atoms with Crippen molar-refractivity contribution in [3.63, 3.8) is 0 Å². The van der Waals surface area contributed by atoms with E-state index in [9.17, 15) is 31.5 Å². The van der Waals surface area contributed by atoms with Crippen LogP contribution in [0.1, 0.15) is 12.8 Å². The van der Waals surface area contributed by atoms with Gasteiger partial charge in [-0.1, -0.05) is 18.2 Å². The summed E-state index contributed by atoms with van der Waals surface area (Å²) in [6.07, 6.45) is -4.46. The van der Waals surface area contributed by atoms with Crippen molar-refractivity contribution in [3.05, 3.63) is 48.5 Å². The van der Waals surface area contributed by atoms with E-state index in [4.69, 9.17) is 0 Å². The van der Waals surface area contributed by atoms with Gasteiger partial charge >= 0.3 is 6.36 Å². The van der Waals surface area contributed by atoms with E-state index in [0.29, 0.717) is 0 Å². The van der Waals surface area contributed by atoms with E-state index in [0.717, 1.165) is 16.4 Å². The number of piperidine rings is 1. The predicted octanol–water partition coefficient (Wildman–Crippen LogP) is 3.33. The molecule has 2 N–H and O–H groups in total. The first-order valence-corrected chi connectivity index (χ1v) is 10.4. The summed E-state index contributed by atoms with van der Waals surface area (Å²) in [5, 5.41) is 12.4. The molecule has 0 spiro atoms. The highest BCUT2D eigenvalue weighted by Gasteiger charge is 2.34. The molecule has 0 radical (unpaired) electrons. The average Bonchev–Trinajstić information content (AvgIpc) is 2.69. The highest BCUT2D eigenvalue weighted by atomic mass is 32.2. The number of phenols is 1. The van der Waals surface area contributed by atoms with Crippen molar-refractivity contribution >= 4 is 21.6 Å². The lowest BCUT2D eigenvalue weighted by molar-refractivity contribution is -0.274. The number of amides is 1. The van der Waals surface area contributed by atoms with E-state index < -0.39 is 28.1 Å². The van der Waals surface area contributed by atoms with Crippen LogP contribution < -0.4 is 10.1 Å². The number of hydrogen-bond donors (Lipinski definition) is 2. The molecule has 11 heteroatoms. The second-order valence-electron chi connectivity index (χ2n) is 6.71. The van der Waals surface area contributed by atoms with Crippen molar-refractivity contribution < 1.29 is 36.2 Å². The number of sulfonamides is 1. The lowest BCUT2D eigenvalue weighted by Crippen LogP contribution is -2.41. The third kappa shape index (κ3) is 5.22. The van der Waals surface area contributed by atoms with Crippen molar-refractivity contribution in [2.24, 2.45) is 5.92 Å². The molecule has 0 saturated carbocycles. The summed E-state index contributed by atoms with van der Waals surface area (Å²) in [4.78, 5) is 12.1. The van der Waals surface area contributed by atoms with Gasteiger partial charge in [0.05, 0.1) is 10.6 Å². The molecule has 1 aliphatic heterocycles. The van der Waals surface area contributed by atoms with Gasteiger partial charge in [-0.15, -0.1) is 13.2 Å². The second kappa shape index (κ2) is 8.52. The van der Waals surface area contributed by atoms with Crippen molar-refractivity contribution in [2.75, 3.05) is 18.4 Å². The van der Waals surface area contributed by atoms with Gasteiger partial charge in [0.1, 0.15) is 11.5 Å². The van der Waals surface area contributed by atoms with E-state index in [1.807, 2.05) is 0 Å². The summed E-state index contributed by atoms with van der Waals surface area (Å²) in [6.45, 7) is 0.0666. The smallest absolute Gasteiger partial charge is 0.506 e. The van der Waals surface area contributed by atoms with E-state index in [2.05, 4.69) is 10.1 Å². The van der Waals surface area contributed by atoms with Crippen molar-refractivity contribution in [1.82, 2.24) is 4.31 Å². The molecule has 0 aromatic heterocycles. The highest BCUT2D eigenvalue weighted by Crippen LogP contribution is 2.29. The molecule has 3 rings (SSSR count). The fraction of sp³-hybridized carbons (Fsp3) is 0.316. The molecule has 7 nitrogen and oxygen atoms in total. The number of benzene rings is 2. The van der Waals surface area contributed by atoms with Crippen molar-refractivity contribution in [2.45, 2.75) is 24.1 Å². The zero-order chi connectivity index (χ0) is 21.9. The summed E-state index contributed by atoms with van der Waals surface area (Å²) in [6, 6.07) is 10.4. The molecule has 1 heterocycles. The Hall–Kier alpha value is -2.79. The Morgan fingerprint density at radius 1 is 1.10 bits per heavy atom. The largest absolute Gasteiger partial charge is 0.573 e. The van der Waals surface area contributed by atoms with E-state index in [1.165, 1.54) is 18.2 Å². The molecule has 1 amide bonds. The summed E-state index contributed by atoms with van der Waals surface area (Å²) in [5.41, 5.74) is 0.263. The van der Waals surface area contributed by atoms with Crippen LogP contribution in [-0.2, 0) is 14.8 Å². The van der Waals surface area contributed by atoms with Crippen LogP contribution >= 0.6 is 0 Å². The Bertz CT molecular complexity index is 1020. The molecule has 30 heavy (non-hydrogen) atoms. The van der Waals surface area contributed by atoms with Crippen LogP contribution in [0.2, 0.25) is 0 Å². The Morgan fingerprint density at radius 2 is 1.77 bits per heavy atom. The van der Waals surface area contributed by atoms with Crippen LogP contribution in [0.5, 0.6) is 11.5 Å². The van der Waals surface area contributed by atoms with Gasteiger partial charge in [0, 0.05) is 25.1 Å². The molecule has 1 aliphatic rings. The lowest BCUT2D eigenvalue weighted by Gasteiger charge is -2.30. The van der Waals surface area contributed by atoms with E-state index in [-0.39, 0.29) is 48.2 Å². The molecule has 2 aromatic carbocycles. The molecular formula is C19H19F3N2O5S. The van der Waals surface area contributed by atoms with Crippen LogP contribution in [-0.4, -0.2) is 43.2 Å². The number of phenolic OH excluding ortho intramolecular Hbond substituents is 1. The van der Waals surface area contributed by atoms with Crippen LogP contribution in [0.25, 0.3) is 0 Å². The lowest BCUT2D eigenvalue weighted by atomic mass is 9.97. The third-order valence-corrected chi connectivity index (χ3v) is 6.56. The van der Waals surface area contributed by atoms with Gasteiger partial charge < -0.3 is 15.2 Å². The predicted molar refractivity (Wildman–Crippen MR) is 101 cm³/mol. The number of anilines is 1. The van der Waals surface area contributed by atoms with Gasteiger partial charge in [0.2, 0.25) is 15.9 Å². The molecule has 162 valence electrons. The quantitative estimate of drug-likeness (QED) is 0.690. The minimum Gasteiger partial charge on any atom is -0.506 e. The summed E-state index contributed by atoms with van der Waals surface area (Å²) < 4.78 is 67.6. The summed E-state index contributed by atoms with van der Waals surface area (Å²) >= 11 is 0. The number of halogens is 3. The van der Waals surface area contributed by atoms with Crippen molar-refractivity contribution in [1.29, 1.82) is 0 Å². The molecule has 1 fully saturated rings. The second-order valence-corrected chi connectivity index (χ2v) is 8.65. The zero-order valence-corrected chi connectivity index (χ0v) is 16.4. The maximum absolute atomic E-state index is 12.8. The SMILES string of the molecule is O=C(Nc1ccccc1O)C1CCN(S(=O)(=O)c2cccc(OC(F)(F)F)c2)CC1. The fourth-order valence-electron chi connectivity index (χ4n) is 3.15. The molecule has 2 aromatic rings. The van der Waals surface area contributed by atoms with E-state index >= 15 is 0 Å². The van der Waals surface area contributed by atoms with Crippen molar-refractivity contribution in [3.8, 4) is 11.5 Å². The number of nitrogens with one attached hydrogen (secondary N) is 1. The van der Waals surface area contributed by atoms with Gasteiger partial charge in [-0.2, -0.15) is 4.31 Å². The first kappa shape index (κ1) is 21.9. The van der Waals surface area contributed by atoms with Gasteiger partial charge in [-0.3, -0.25) is 4.79 Å². The fourth-order valence-corrected chi connectivity index (χ4v) is 4.66. The number of carbonyl (C=O) groups is 1. The molecule has 0 atom stereocenters. The van der Waals surface area contributed by atoms with E-state index in [1.54, 1.807) is 18.2 Å². The minimum absolute atomic E-state index is 0.0333. The monoisotopic (exact) mass is 444 g/mol. The molecule has 1 saturated heterocycles. The maximum atomic E-state index is 12.8. The van der Waals surface area contributed by atoms with Gasteiger partial charge in [-0.05, 0) is 37.1 Å². The number of ether oxygens (including phenoxy) is 1. The molecular weight excluding hydrogens is 425 g/mol. The number of alkyl halides is 3. The number of aromatic hydroxyl groups is 1. The first-order chi connectivity index (χ1) is 14.1. The highest BCUT2D eigenvalue weighted by molar-refractivity contribution is 7.89. The van der Waals surface area contributed by atoms with Crippen LogP contribution in [0.15, 0.2) is 53.4 Å². The van der Waals surface area contributed by atoms with Gasteiger partial charge in [-0.25, -0.2) is 8.42 Å². The maximum Gasteiger partial charge on any atom is 0.573 e. The minimum atomic E-state index is -4.93. The Labute approximate surface area is 171 Å².